The Morgan fingerprint density at radius 3 is 2.77 bits per heavy atom. The van der Waals surface area contributed by atoms with Crippen LogP contribution in [-0.2, 0) is 0 Å². The fourth-order valence-electron chi connectivity index (χ4n) is 1.01. The first kappa shape index (κ1) is 10.3. The van der Waals surface area contributed by atoms with E-state index in [9.17, 15) is 0 Å². The van der Waals surface area contributed by atoms with Gasteiger partial charge in [-0.2, -0.15) is 0 Å². The van der Waals surface area contributed by atoms with Crippen molar-refractivity contribution in [3.05, 3.63) is 23.8 Å². The minimum atomic E-state index is -0.566. The number of hydrogen-bond acceptors (Lipinski definition) is 1. The molecule has 72 valence electrons. The van der Waals surface area contributed by atoms with Crippen molar-refractivity contribution in [1.82, 2.24) is 4.90 Å². The van der Waals surface area contributed by atoms with Gasteiger partial charge in [0.15, 0.2) is 5.00 Å². The lowest BCUT2D eigenvalue weighted by atomic mass is 10.0. The van der Waals surface area contributed by atoms with Crippen LogP contribution in [0.25, 0.3) is 0 Å². The van der Waals surface area contributed by atoms with Gasteiger partial charge < -0.3 is 4.90 Å². The molecule has 1 aliphatic rings. The van der Waals surface area contributed by atoms with Crippen molar-refractivity contribution in [2.45, 2.75) is 18.3 Å². The average Bonchev–Trinajstić information content (AvgIpc) is 2.08. The highest BCUT2D eigenvalue weighted by Gasteiger charge is 2.22. The molecule has 0 saturated heterocycles. The third-order valence-electron chi connectivity index (χ3n) is 1.82. The van der Waals surface area contributed by atoms with E-state index in [4.69, 9.17) is 11.6 Å². The highest BCUT2D eigenvalue weighted by Crippen LogP contribution is 2.28. The molecule has 1 rings (SSSR count). The molecule has 1 unspecified atom stereocenters. The SMILES string of the molecule is CC1=CCC(Cl)(N=CN(C)C)C=C1. The van der Waals surface area contributed by atoms with Crippen molar-refractivity contribution in [2.24, 2.45) is 4.99 Å². The van der Waals surface area contributed by atoms with Crippen molar-refractivity contribution in [3.8, 4) is 0 Å². The molecule has 0 spiro atoms. The van der Waals surface area contributed by atoms with E-state index in [2.05, 4.69) is 18.0 Å². The Balaban J connectivity index is 2.65. The second-order valence-electron chi connectivity index (χ2n) is 3.51. The number of halogens is 1. The first-order chi connectivity index (χ1) is 6.02. The topological polar surface area (TPSA) is 15.6 Å². The van der Waals surface area contributed by atoms with Crippen LogP contribution in [-0.4, -0.2) is 30.3 Å². The van der Waals surface area contributed by atoms with Crippen molar-refractivity contribution < 1.29 is 0 Å². The summed E-state index contributed by atoms with van der Waals surface area (Å²) in [4.78, 5) is 5.60. The van der Waals surface area contributed by atoms with Crippen LogP contribution in [0.1, 0.15) is 13.3 Å². The lowest BCUT2D eigenvalue weighted by Crippen LogP contribution is -2.19. The van der Waals surface area contributed by atoms with E-state index in [0.29, 0.717) is 0 Å². The van der Waals surface area contributed by atoms with Gasteiger partial charge >= 0.3 is 0 Å². The standard InChI is InChI=1S/C10H15ClN2/c1-9-4-6-10(11,7-5-9)12-8-13(2)3/h4-6,8H,7H2,1-3H3. The Morgan fingerprint density at radius 1 is 1.62 bits per heavy atom. The zero-order chi connectivity index (χ0) is 9.90. The van der Waals surface area contributed by atoms with E-state index in [1.807, 2.05) is 31.1 Å². The molecule has 0 saturated carbocycles. The molecule has 0 aromatic carbocycles. The zero-order valence-corrected chi connectivity index (χ0v) is 9.04. The molecule has 0 heterocycles. The van der Waals surface area contributed by atoms with Gasteiger partial charge in [-0.05, 0) is 13.0 Å². The molecule has 0 aromatic rings. The largest absolute Gasteiger partial charge is 0.369 e. The lowest BCUT2D eigenvalue weighted by Gasteiger charge is -2.20. The average molecular weight is 199 g/mol. The quantitative estimate of drug-likeness (QED) is 0.288. The molecule has 0 aliphatic heterocycles. The van der Waals surface area contributed by atoms with Crippen LogP contribution in [0.2, 0.25) is 0 Å². The monoisotopic (exact) mass is 198 g/mol. The van der Waals surface area contributed by atoms with E-state index in [1.165, 1.54) is 5.57 Å². The minimum Gasteiger partial charge on any atom is -0.369 e. The fourth-order valence-corrected chi connectivity index (χ4v) is 1.19. The summed E-state index contributed by atoms with van der Waals surface area (Å²) in [5, 5.41) is 0. The first-order valence-corrected chi connectivity index (χ1v) is 4.66. The van der Waals surface area contributed by atoms with Gasteiger partial charge in [-0.15, -0.1) is 0 Å². The van der Waals surface area contributed by atoms with Crippen LogP contribution >= 0.6 is 11.6 Å². The smallest absolute Gasteiger partial charge is 0.157 e. The van der Waals surface area contributed by atoms with E-state index in [0.717, 1.165) is 6.42 Å². The molecule has 1 aliphatic carbocycles. The molecular formula is C10H15ClN2. The Morgan fingerprint density at radius 2 is 2.31 bits per heavy atom. The molecule has 0 radical (unpaired) electrons. The Kier molecular flexibility index (Phi) is 3.15. The van der Waals surface area contributed by atoms with Gasteiger partial charge in [-0.25, -0.2) is 4.99 Å². The van der Waals surface area contributed by atoms with E-state index < -0.39 is 5.00 Å². The van der Waals surface area contributed by atoms with Crippen molar-refractivity contribution >= 4 is 17.9 Å². The third kappa shape index (κ3) is 3.23. The number of alkyl halides is 1. The Labute approximate surface area is 84.6 Å². The number of hydrogen-bond donors (Lipinski definition) is 0. The summed E-state index contributed by atoms with van der Waals surface area (Å²) in [6, 6.07) is 0. The predicted octanol–water partition coefficient (Wildman–Crippen LogP) is 2.42. The van der Waals surface area contributed by atoms with Crippen LogP contribution in [0.15, 0.2) is 28.8 Å². The van der Waals surface area contributed by atoms with Crippen LogP contribution in [0.4, 0.5) is 0 Å². The number of nitrogens with zero attached hydrogens (tertiary/aromatic N) is 2. The summed E-state index contributed by atoms with van der Waals surface area (Å²) in [7, 11) is 3.86. The van der Waals surface area contributed by atoms with Crippen LogP contribution < -0.4 is 0 Å². The number of rotatable bonds is 2. The molecule has 0 aromatic heterocycles. The van der Waals surface area contributed by atoms with Gasteiger partial charge in [0.2, 0.25) is 0 Å². The van der Waals surface area contributed by atoms with Crippen molar-refractivity contribution in [2.75, 3.05) is 14.1 Å². The maximum Gasteiger partial charge on any atom is 0.157 e. The predicted molar refractivity (Wildman–Crippen MR) is 58.3 cm³/mol. The normalized spacial score (nSPS) is 27.8. The van der Waals surface area contributed by atoms with E-state index >= 15 is 0 Å². The third-order valence-corrected chi connectivity index (χ3v) is 2.19. The van der Waals surface area contributed by atoms with Crippen LogP contribution in [0, 0.1) is 0 Å². The van der Waals surface area contributed by atoms with Gasteiger partial charge in [-0.3, -0.25) is 0 Å². The maximum atomic E-state index is 6.23. The summed E-state index contributed by atoms with van der Waals surface area (Å²) in [5.41, 5.74) is 1.25. The lowest BCUT2D eigenvalue weighted by molar-refractivity contribution is 0.624. The van der Waals surface area contributed by atoms with E-state index in [-0.39, 0.29) is 0 Å². The molecule has 0 fully saturated rings. The van der Waals surface area contributed by atoms with Crippen molar-refractivity contribution in [3.63, 3.8) is 0 Å². The summed E-state index contributed by atoms with van der Waals surface area (Å²) >= 11 is 6.23. The van der Waals surface area contributed by atoms with E-state index in [1.54, 1.807) is 6.34 Å². The van der Waals surface area contributed by atoms with Gasteiger partial charge in [0.05, 0.1) is 6.34 Å². The van der Waals surface area contributed by atoms with Crippen molar-refractivity contribution in [1.29, 1.82) is 0 Å². The molecule has 1 atom stereocenters. The maximum absolute atomic E-state index is 6.23. The van der Waals surface area contributed by atoms with Gasteiger partial charge in [0.1, 0.15) is 0 Å². The van der Waals surface area contributed by atoms with Gasteiger partial charge in [0.25, 0.3) is 0 Å². The zero-order valence-electron chi connectivity index (χ0n) is 8.29. The fraction of sp³-hybridized carbons (Fsp3) is 0.500. The van der Waals surface area contributed by atoms with Gasteiger partial charge in [0, 0.05) is 20.5 Å². The van der Waals surface area contributed by atoms with Gasteiger partial charge in [-0.1, -0.05) is 29.3 Å². The summed E-state index contributed by atoms with van der Waals surface area (Å²) in [6.07, 6.45) is 8.54. The second-order valence-corrected chi connectivity index (χ2v) is 4.17. The number of allylic oxidation sites excluding steroid dienone is 2. The highest BCUT2D eigenvalue weighted by atomic mass is 35.5. The molecule has 0 bridgehead atoms. The summed E-state index contributed by atoms with van der Waals surface area (Å²) in [5.74, 6) is 0. The number of aliphatic imine (C=N–C) groups is 1. The summed E-state index contributed by atoms with van der Waals surface area (Å²) in [6.45, 7) is 2.06. The molecular weight excluding hydrogens is 184 g/mol. The Bertz CT molecular complexity index is 266. The molecule has 0 amide bonds. The minimum absolute atomic E-state index is 0.566. The Hall–Kier alpha value is -0.760. The van der Waals surface area contributed by atoms with Crippen LogP contribution in [0.5, 0.6) is 0 Å². The first-order valence-electron chi connectivity index (χ1n) is 4.28. The molecule has 3 heteroatoms. The highest BCUT2D eigenvalue weighted by molar-refractivity contribution is 6.25. The second kappa shape index (κ2) is 3.97. The molecule has 0 N–H and O–H groups in total. The molecule has 2 nitrogen and oxygen atoms in total. The molecule has 13 heavy (non-hydrogen) atoms. The van der Waals surface area contributed by atoms with Crippen LogP contribution in [0.3, 0.4) is 0 Å². The summed E-state index contributed by atoms with van der Waals surface area (Å²) < 4.78 is 0.